The molecule has 0 aliphatic rings. The summed E-state index contributed by atoms with van der Waals surface area (Å²) in [7, 11) is 1.74. The number of nitrogens with two attached hydrogens (primary N) is 1. The Labute approximate surface area is 134 Å². The van der Waals surface area contributed by atoms with Gasteiger partial charge in [0.25, 0.3) is 0 Å². The van der Waals surface area contributed by atoms with Gasteiger partial charge in [0.2, 0.25) is 0 Å². The Morgan fingerprint density at radius 3 is 2.41 bits per heavy atom. The number of methoxy groups -OCH3 is 1. The summed E-state index contributed by atoms with van der Waals surface area (Å²) in [5.74, 6) is 1.79. The lowest BCUT2D eigenvalue weighted by Gasteiger charge is -2.20. The normalized spacial score (nSPS) is 12.5. The molecule has 2 heteroatoms. The second-order valence-corrected chi connectivity index (χ2v) is 6.22. The number of benzene rings is 2. The van der Waals surface area contributed by atoms with Crippen LogP contribution in [0.2, 0.25) is 0 Å². The van der Waals surface area contributed by atoms with E-state index >= 15 is 0 Å². The monoisotopic (exact) mass is 297 g/mol. The first-order valence-corrected chi connectivity index (χ1v) is 7.99. The van der Waals surface area contributed by atoms with Crippen molar-refractivity contribution in [1.29, 1.82) is 0 Å². The van der Waals surface area contributed by atoms with Crippen LogP contribution < -0.4 is 10.5 Å². The number of ether oxygens (including phenoxy) is 1. The molecular weight excluding hydrogens is 270 g/mol. The Kier molecular flexibility index (Phi) is 5.62. The maximum Gasteiger partial charge on any atom is 0.122 e. The molecule has 0 aliphatic carbocycles. The zero-order chi connectivity index (χ0) is 16.1. The highest BCUT2D eigenvalue weighted by molar-refractivity contribution is 5.41. The van der Waals surface area contributed by atoms with Crippen molar-refractivity contribution in [2.45, 2.75) is 39.0 Å². The zero-order valence-electron chi connectivity index (χ0n) is 14.1. The van der Waals surface area contributed by atoms with Gasteiger partial charge in [0.15, 0.2) is 0 Å². The lowest BCUT2D eigenvalue weighted by molar-refractivity contribution is 0.407. The minimum absolute atomic E-state index is 0.317. The Hall–Kier alpha value is -1.80. The molecule has 0 aliphatic heterocycles. The molecule has 1 unspecified atom stereocenters. The molecule has 0 amide bonds. The highest BCUT2D eigenvalue weighted by atomic mass is 16.5. The summed E-state index contributed by atoms with van der Waals surface area (Å²) in [5, 5.41) is 0. The molecule has 118 valence electrons. The van der Waals surface area contributed by atoms with Crippen LogP contribution in [0.4, 0.5) is 0 Å². The van der Waals surface area contributed by atoms with E-state index in [1.165, 1.54) is 22.3 Å². The summed E-state index contributed by atoms with van der Waals surface area (Å²) in [6.07, 6.45) is 0.908. The van der Waals surface area contributed by atoms with Crippen LogP contribution in [0.15, 0.2) is 42.5 Å². The Morgan fingerprint density at radius 2 is 1.82 bits per heavy atom. The lowest BCUT2D eigenvalue weighted by atomic mass is 9.87. The van der Waals surface area contributed by atoms with Gasteiger partial charge in [-0.25, -0.2) is 0 Å². The van der Waals surface area contributed by atoms with Gasteiger partial charge >= 0.3 is 0 Å². The molecule has 2 aromatic rings. The minimum Gasteiger partial charge on any atom is -0.496 e. The molecule has 0 bridgehead atoms. The van der Waals surface area contributed by atoms with E-state index < -0.39 is 0 Å². The van der Waals surface area contributed by atoms with Gasteiger partial charge < -0.3 is 10.5 Å². The molecule has 2 N–H and O–H groups in total. The van der Waals surface area contributed by atoms with Gasteiger partial charge in [0.1, 0.15) is 5.75 Å². The smallest absolute Gasteiger partial charge is 0.122 e. The fraction of sp³-hybridized carbons (Fsp3) is 0.400. The maximum absolute atomic E-state index is 6.07. The van der Waals surface area contributed by atoms with Crippen LogP contribution in [0.5, 0.6) is 5.75 Å². The molecule has 0 radical (unpaired) electrons. The summed E-state index contributed by atoms with van der Waals surface area (Å²) >= 11 is 0. The van der Waals surface area contributed by atoms with E-state index in [1.807, 2.05) is 0 Å². The van der Waals surface area contributed by atoms with Crippen LogP contribution in [0, 0.1) is 6.92 Å². The molecule has 0 aromatic heterocycles. The van der Waals surface area contributed by atoms with Gasteiger partial charge in [-0.15, -0.1) is 0 Å². The van der Waals surface area contributed by atoms with E-state index in [0.29, 0.717) is 18.4 Å². The second-order valence-electron chi connectivity index (χ2n) is 6.22. The van der Waals surface area contributed by atoms with Gasteiger partial charge in [-0.3, -0.25) is 0 Å². The van der Waals surface area contributed by atoms with Gasteiger partial charge in [0, 0.05) is 5.92 Å². The fourth-order valence-corrected chi connectivity index (χ4v) is 2.95. The molecule has 0 heterocycles. The number of hydrogen-bond acceptors (Lipinski definition) is 2. The Morgan fingerprint density at radius 1 is 1.09 bits per heavy atom. The van der Waals surface area contributed by atoms with Crippen LogP contribution in [-0.2, 0) is 6.42 Å². The summed E-state index contributed by atoms with van der Waals surface area (Å²) in [5.41, 5.74) is 11.3. The molecule has 22 heavy (non-hydrogen) atoms. The predicted molar refractivity (Wildman–Crippen MR) is 93.8 cm³/mol. The van der Waals surface area contributed by atoms with E-state index in [4.69, 9.17) is 10.5 Å². The van der Waals surface area contributed by atoms with Crippen LogP contribution in [0.1, 0.15) is 47.9 Å². The molecule has 0 spiro atoms. The van der Waals surface area contributed by atoms with Gasteiger partial charge in [-0.05, 0) is 54.1 Å². The molecule has 2 nitrogen and oxygen atoms in total. The van der Waals surface area contributed by atoms with Crippen LogP contribution >= 0.6 is 0 Å². The molecule has 2 aromatic carbocycles. The number of aryl methyl sites for hydroxylation is 1. The highest BCUT2D eigenvalue weighted by Crippen LogP contribution is 2.30. The number of hydrogen-bond donors (Lipinski definition) is 1. The Bertz CT molecular complexity index is 619. The van der Waals surface area contributed by atoms with Gasteiger partial charge in [-0.1, -0.05) is 50.2 Å². The van der Waals surface area contributed by atoms with E-state index in [2.05, 4.69) is 63.2 Å². The van der Waals surface area contributed by atoms with Crippen molar-refractivity contribution in [3.63, 3.8) is 0 Å². The average Bonchev–Trinajstić information content (AvgIpc) is 2.53. The molecular formula is C20H27NO. The highest BCUT2D eigenvalue weighted by Gasteiger charge is 2.16. The third-order valence-corrected chi connectivity index (χ3v) is 4.35. The lowest BCUT2D eigenvalue weighted by Crippen LogP contribution is -2.16. The van der Waals surface area contributed by atoms with Crippen LogP contribution in [-0.4, -0.2) is 13.7 Å². The minimum atomic E-state index is 0.317. The van der Waals surface area contributed by atoms with Crippen LogP contribution in [0.3, 0.4) is 0 Å². The van der Waals surface area contributed by atoms with Crippen molar-refractivity contribution in [3.05, 3.63) is 64.7 Å². The van der Waals surface area contributed by atoms with E-state index in [0.717, 1.165) is 12.2 Å². The van der Waals surface area contributed by atoms with Crippen molar-refractivity contribution in [2.75, 3.05) is 13.7 Å². The third-order valence-electron chi connectivity index (χ3n) is 4.35. The Balaban J connectivity index is 2.35. The zero-order valence-corrected chi connectivity index (χ0v) is 14.1. The van der Waals surface area contributed by atoms with E-state index in [9.17, 15) is 0 Å². The second kappa shape index (κ2) is 7.46. The molecule has 2 rings (SSSR count). The summed E-state index contributed by atoms with van der Waals surface area (Å²) in [6.45, 7) is 7.22. The molecule has 1 atom stereocenters. The third kappa shape index (κ3) is 3.69. The standard InChI is InChI=1S/C20H27NO/c1-14(2)16-9-10-20(22-4)17(11-16)12-18(13-21)19-8-6-5-7-15(19)3/h5-11,14,18H,12-13,21H2,1-4H3. The summed E-state index contributed by atoms with van der Waals surface area (Å²) in [4.78, 5) is 0. The van der Waals surface area contributed by atoms with Crippen LogP contribution in [0.25, 0.3) is 0 Å². The van der Waals surface area contributed by atoms with Crippen molar-refractivity contribution >= 4 is 0 Å². The van der Waals surface area contributed by atoms with E-state index in [1.54, 1.807) is 7.11 Å². The first-order valence-electron chi connectivity index (χ1n) is 7.99. The molecule has 0 saturated heterocycles. The number of rotatable bonds is 6. The average molecular weight is 297 g/mol. The topological polar surface area (TPSA) is 35.2 Å². The summed E-state index contributed by atoms with van der Waals surface area (Å²) in [6, 6.07) is 15.0. The maximum atomic E-state index is 6.07. The first kappa shape index (κ1) is 16.6. The van der Waals surface area contributed by atoms with Crippen molar-refractivity contribution in [3.8, 4) is 5.75 Å². The molecule has 0 fully saturated rings. The predicted octanol–water partition coefficient (Wildman–Crippen LogP) is 4.41. The largest absolute Gasteiger partial charge is 0.496 e. The van der Waals surface area contributed by atoms with Gasteiger partial charge in [-0.2, -0.15) is 0 Å². The SMILES string of the molecule is COc1ccc(C(C)C)cc1CC(CN)c1ccccc1C. The first-order chi connectivity index (χ1) is 10.6. The summed E-state index contributed by atoms with van der Waals surface area (Å²) < 4.78 is 5.55. The van der Waals surface area contributed by atoms with E-state index in [-0.39, 0.29) is 0 Å². The quantitative estimate of drug-likeness (QED) is 0.857. The van der Waals surface area contributed by atoms with Crippen molar-refractivity contribution in [2.24, 2.45) is 5.73 Å². The van der Waals surface area contributed by atoms with Crippen molar-refractivity contribution < 1.29 is 4.74 Å². The fourth-order valence-electron chi connectivity index (χ4n) is 2.95. The van der Waals surface area contributed by atoms with Gasteiger partial charge in [0.05, 0.1) is 7.11 Å². The molecule has 0 saturated carbocycles. The van der Waals surface area contributed by atoms with Crippen molar-refractivity contribution in [1.82, 2.24) is 0 Å².